The summed E-state index contributed by atoms with van der Waals surface area (Å²) in [6.45, 7) is 9.37. The fourth-order valence-corrected chi connectivity index (χ4v) is 0.454. The van der Waals surface area contributed by atoms with Gasteiger partial charge in [0.25, 0.3) is 11.8 Å². The van der Waals surface area contributed by atoms with Gasteiger partial charge in [-0.3, -0.25) is 14.8 Å². The molecule has 0 spiro atoms. The van der Waals surface area contributed by atoms with Gasteiger partial charge in [-0.2, -0.15) is 0 Å². The van der Waals surface area contributed by atoms with Crippen molar-refractivity contribution in [1.82, 2.24) is 5.06 Å². The van der Waals surface area contributed by atoms with Crippen molar-refractivity contribution in [3.8, 4) is 0 Å². The van der Waals surface area contributed by atoms with Crippen LogP contribution in [0.15, 0.2) is 24.3 Å². The van der Waals surface area contributed by atoms with Gasteiger partial charge in [-0.15, -0.1) is 5.06 Å². The van der Waals surface area contributed by atoms with Crippen LogP contribution in [0.5, 0.6) is 0 Å². The number of hydrogen-bond donors (Lipinski definition) is 1. The maximum Gasteiger partial charge on any atom is 0.279 e. The van der Waals surface area contributed by atoms with Crippen molar-refractivity contribution < 1.29 is 14.8 Å². The van der Waals surface area contributed by atoms with Gasteiger partial charge in [0.2, 0.25) is 0 Å². The molecular formula is C8H11NO3. The molecule has 0 fully saturated rings. The minimum Gasteiger partial charge on any atom is -0.278 e. The summed E-state index contributed by atoms with van der Waals surface area (Å²) >= 11 is 0. The maximum atomic E-state index is 10.9. The van der Waals surface area contributed by atoms with Crippen LogP contribution in [0.25, 0.3) is 0 Å². The second-order valence-corrected chi connectivity index (χ2v) is 2.48. The lowest BCUT2D eigenvalue weighted by molar-refractivity contribution is -0.173. The van der Waals surface area contributed by atoms with Gasteiger partial charge in [0.1, 0.15) is 0 Å². The SMILES string of the molecule is C=C(C)C(=O)N(O)C(=O)C(=C)C. The van der Waals surface area contributed by atoms with E-state index in [1.54, 1.807) is 0 Å². The van der Waals surface area contributed by atoms with Crippen LogP contribution < -0.4 is 0 Å². The number of carbonyl (C=O) groups is 2. The van der Waals surface area contributed by atoms with E-state index in [9.17, 15) is 9.59 Å². The first-order valence-electron chi connectivity index (χ1n) is 3.26. The Morgan fingerprint density at radius 1 is 1.08 bits per heavy atom. The zero-order chi connectivity index (χ0) is 9.89. The number of nitrogens with zero attached hydrogens (tertiary/aromatic N) is 1. The Balaban J connectivity index is 4.51. The summed E-state index contributed by atoms with van der Waals surface area (Å²) in [5.41, 5.74) is 0.180. The number of imide groups is 1. The topological polar surface area (TPSA) is 57.6 Å². The Kier molecular flexibility index (Phi) is 3.37. The van der Waals surface area contributed by atoms with E-state index in [4.69, 9.17) is 5.21 Å². The monoisotopic (exact) mass is 169 g/mol. The number of carbonyl (C=O) groups excluding carboxylic acids is 2. The molecule has 0 aliphatic heterocycles. The summed E-state index contributed by atoms with van der Waals surface area (Å²) in [6.07, 6.45) is 0. The Labute approximate surface area is 70.7 Å². The largest absolute Gasteiger partial charge is 0.279 e. The van der Waals surface area contributed by atoms with Gasteiger partial charge in [-0.25, -0.2) is 0 Å². The van der Waals surface area contributed by atoms with Gasteiger partial charge < -0.3 is 0 Å². The zero-order valence-electron chi connectivity index (χ0n) is 7.13. The molecule has 0 aromatic heterocycles. The second kappa shape index (κ2) is 3.82. The zero-order valence-corrected chi connectivity index (χ0v) is 7.13. The van der Waals surface area contributed by atoms with E-state index in [1.165, 1.54) is 13.8 Å². The lowest BCUT2D eigenvalue weighted by Crippen LogP contribution is -2.34. The van der Waals surface area contributed by atoms with Crippen LogP contribution in [0.2, 0.25) is 0 Å². The number of hydrogen-bond acceptors (Lipinski definition) is 3. The van der Waals surface area contributed by atoms with Crippen LogP contribution in [-0.2, 0) is 9.59 Å². The highest BCUT2D eigenvalue weighted by molar-refractivity contribution is 6.07. The molecule has 0 atom stereocenters. The molecule has 0 rings (SSSR count). The van der Waals surface area contributed by atoms with Gasteiger partial charge in [0.05, 0.1) is 0 Å². The van der Waals surface area contributed by atoms with Gasteiger partial charge >= 0.3 is 0 Å². The molecule has 1 N–H and O–H groups in total. The van der Waals surface area contributed by atoms with Gasteiger partial charge in [-0.05, 0) is 13.8 Å². The van der Waals surface area contributed by atoms with Crippen molar-refractivity contribution in [1.29, 1.82) is 0 Å². The predicted molar refractivity (Wildman–Crippen MR) is 43.3 cm³/mol. The van der Waals surface area contributed by atoms with E-state index in [-0.39, 0.29) is 16.2 Å². The van der Waals surface area contributed by atoms with Crippen LogP contribution >= 0.6 is 0 Å². The van der Waals surface area contributed by atoms with Gasteiger partial charge in [0.15, 0.2) is 0 Å². The van der Waals surface area contributed by atoms with Crippen molar-refractivity contribution in [3.05, 3.63) is 24.3 Å². The molecule has 0 unspecified atom stereocenters. The smallest absolute Gasteiger partial charge is 0.278 e. The maximum absolute atomic E-state index is 10.9. The number of amides is 2. The Morgan fingerprint density at radius 2 is 1.33 bits per heavy atom. The standard InChI is InChI=1S/C8H11NO3/c1-5(2)7(10)9(12)8(11)6(3)4/h12H,1,3H2,2,4H3. The second-order valence-electron chi connectivity index (χ2n) is 2.48. The average Bonchev–Trinajstić information content (AvgIpc) is 2.00. The molecule has 0 saturated carbocycles. The molecule has 0 aliphatic rings. The first-order chi connectivity index (χ1) is 5.37. The molecule has 0 heterocycles. The Morgan fingerprint density at radius 3 is 1.50 bits per heavy atom. The van der Waals surface area contributed by atoms with Crippen LogP contribution in [-0.4, -0.2) is 22.1 Å². The molecule has 12 heavy (non-hydrogen) atoms. The van der Waals surface area contributed by atoms with Crippen molar-refractivity contribution in [2.75, 3.05) is 0 Å². The molecule has 0 aromatic carbocycles. The Bertz CT molecular complexity index is 229. The average molecular weight is 169 g/mol. The fraction of sp³-hybridized carbons (Fsp3) is 0.250. The summed E-state index contributed by atoms with van der Waals surface area (Å²) in [6, 6.07) is 0. The fourth-order valence-electron chi connectivity index (χ4n) is 0.454. The van der Waals surface area contributed by atoms with E-state index in [0.29, 0.717) is 0 Å². The molecule has 0 aliphatic carbocycles. The molecule has 0 radical (unpaired) electrons. The third-order valence-electron chi connectivity index (χ3n) is 1.11. The van der Waals surface area contributed by atoms with E-state index < -0.39 is 11.8 Å². The molecule has 0 saturated heterocycles. The summed E-state index contributed by atoms with van der Waals surface area (Å²) in [5, 5.41) is 8.94. The lowest BCUT2D eigenvalue weighted by Gasteiger charge is -2.11. The number of hydroxylamine groups is 2. The summed E-state index contributed by atoms with van der Waals surface area (Å²) in [7, 11) is 0. The summed E-state index contributed by atoms with van der Waals surface area (Å²) < 4.78 is 0. The predicted octanol–water partition coefficient (Wildman–Crippen LogP) is 0.883. The molecular weight excluding hydrogens is 158 g/mol. The highest BCUT2D eigenvalue weighted by Gasteiger charge is 2.19. The first kappa shape index (κ1) is 10.6. The normalized spacial score (nSPS) is 8.92. The van der Waals surface area contributed by atoms with Crippen molar-refractivity contribution in [3.63, 3.8) is 0 Å². The van der Waals surface area contributed by atoms with Crippen molar-refractivity contribution in [2.45, 2.75) is 13.8 Å². The van der Waals surface area contributed by atoms with Crippen LogP contribution in [0, 0.1) is 0 Å². The van der Waals surface area contributed by atoms with Crippen LogP contribution in [0.3, 0.4) is 0 Å². The summed E-state index contributed by atoms with van der Waals surface area (Å²) in [4.78, 5) is 21.8. The highest BCUT2D eigenvalue weighted by Crippen LogP contribution is 2.00. The quantitative estimate of drug-likeness (QED) is 0.379. The lowest BCUT2D eigenvalue weighted by atomic mass is 10.3. The van der Waals surface area contributed by atoms with E-state index in [0.717, 1.165) is 0 Å². The van der Waals surface area contributed by atoms with E-state index in [2.05, 4.69) is 13.2 Å². The first-order valence-corrected chi connectivity index (χ1v) is 3.26. The molecule has 0 bridgehead atoms. The molecule has 0 aromatic rings. The molecule has 2 amide bonds. The van der Waals surface area contributed by atoms with Gasteiger partial charge in [-0.1, -0.05) is 13.2 Å². The van der Waals surface area contributed by atoms with E-state index in [1.807, 2.05) is 0 Å². The number of rotatable bonds is 2. The third-order valence-corrected chi connectivity index (χ3v) is 1.11. The molecule has 4 heteroatoms. The minimum atomic E-state index is -0.817. The van der Waals surface area contributed by atoms with Crippen molar-refractivity contribution >= 4 is 11.8 Å². The highest BCUT2D eigenvalue weighted by atomic mass is 16.5. The molecule has 4 nitrogen and oxygen atoms in total. The van der Waals surface area contributed by atoms with E-state index >= 15 is 0 Å². The third kappa shape index (κ3) is 2.32. The van der Waals surface area contributed by atoms with Crippen molar-refractivity contribution in [2.24, 2.45) is 0 Å². The summed E-state index contributed by atoms with van der Waals surface area (Å²) in [5.74, 6) is -1.63. The van der Waals surface area contributed by atoms with Crippen LogP contribution in [0.1, 0.15) is 13.8 Å². The van der Waals surface area contributed by atoms with Crippen LogP contribution in [0.4, 0.5) is 0 Å². The minimum absolute atomic E-state index is 0.00463. The molecule has 66 valence electrons. The Hall–Kier alpha value is -1.42. The van der Waals surface area contributed by atoms with Gasteiger partial charge in [0, 0.05) is 11.1 Å².